The van der Waals surface area contributed by atoms with Gasteiger partial charge in [-0.1, -0.05) is 30.3 Å². The first-order valence-electron chi connectivity index (χ1n) is 7.17. The zero-order chi connectivity index (χ0) is 16.4. The zero-order valence-corrected chi connectivity index (χ0v) is 12.3. The number of carbonyl (C=O) groups is 2. The van der Waals surface area contributed by atoms with Gasteiger partial charge in [-0.2, -0.15) is 0 Å². The van der Waals surface area contributed by atoms with Crippen LogP contribution in [0.1, 0.15) is 15.9 Å². The number of carbonyl (C=O) groups excluding carboxylic acids is 1. The molecule has 0 aliphatic carbocycles. The van der Waals surface area contributed by atoms with Crippen LogP contribution in [0.3, 0.4) is 0 Å². The maximum atomic E-state index is 11.5. The summed E-state index contributed by atoms with van der Waals surface area (Å²) in [5.74, 6) is -0.958. The third-order valence-corrected chi connectivity index (χ3v) is 3.79. The molecule has 23 heavy (non-hydrogen) atoms. The molecule has 2 aromatic rings. The van der Waals surface area contributed by atoms with Gasteiger partial charge in [0, 0.05) is 6.54 Å². The van der Waals surface area contributed by atoms with E-state index in [0.717, 1.165) is 5.69 Å². The summed E-state index contributed by atoms with van der Waals surface area (Å²) in [6.07, 6.45) is -0.762. The van der Waals surface area contributed by atoms with Crippen LogP contribution in [0.2, 0.25) is 0 Å². The molecule has 1 aliphatic heterocycles. The number of hydrogen-bond donors (Lipinski definition) is 2. The number of primary amides is 1. The highest BCUT2D eigenvalue weighted by atomic mass is 16.5. The van der Waals surface area contributed by atoms with E-state index in [2.05, 4.69) is 0 Å². The molecule has 1 heterocycles. The third-order valence-electron chi connectivity index (χ3n) is 3.79. The van der Waals surface area contributed by atoms with Crippen molar-refractivity contribution in [2.24, 2.45) is 5.73 Å². The molecule has 3 N–H and O–H groups in total. The topological polar surface area (TPSA) is 92.9 Å². The zero-order valence-electron chi connectivity index (χ0n) is 12.3. The molecule has 1 unspecified atom stereocenters. The fourth-order valence-corrected chi connectivity index (χ4v) is 2.68. The average molecular weight is 312 g/mol. The normalized spacial score (nSPS) is 16.3. The summed E-state index contributed by atoms with van der Waals surface area (Å²) in [6.45, 7) is 0.632. The molecule has 3 rings (SSSR count). The number of rotatable bonds is 4. The number of nitrogens with two attached hydrogens (primary N) is 1. The average Bonchev–Trinajstić information content (AvgIpc) is 2.55. The Morgan fingerprint density at radius 2 is 1.87 bits per heavy atom. The fraction of sp³-hybridized carbons (Fsp3) is 0.176. The number of anilines is 1. The standard InChI is InChI=1S/C17H16N2O4/c18-16(20)15-10-19(13-7-3-4-8-14(13)23-15)9-11-5-1-2-6-12(11)17(21)22/h1-8,15H,9-10H2,(H2,18,20)(H,21,22). The van der Waals surface area contributed by atoms with E-state index < -0.39 is 18.0 Å². The van der Waals surface area contributed by atoms with Crippen molar-refractivity contribution in [1.82, 2.24) is 0 Å². The van der Waals surface area contributed by atoms with Gasteiger partial charge >= 0.3 is 5.97 Å². The van der Waals surface area contributed by atoms with E-state index >= 15 is 0 Å². The summed E-state index contributed by atoms with van der Waals surface area (Å²) in [5, 5.41) is 9.31. The van der Waals surface area contributed by atoms with E-state index in [4.69, 9.17) is 10.5 Å². The molecule has 0 bridgehead atoms. The van der Waals surface area contributed by atoms with E-state index in [1.54, 1.807) is 30.3 Å². The first kappa shape index (κ1) is 14.9. The quantitative estimate of drug-likeness (QED) is 0.895. The highest BCUT2D eigenvalue weighted by Crippen LogP contribution is 2.34. The number of ether oxygens (including phenoxy) is 1. The van der Waals surface area contributed by atoms with E-state index in [9.17, 15) is 14.7 Å². The van der Waals surface area contributed by atoms with Crippen molar-refractivity contribution in [1.29, 1.82) is 0 Å². The van der Waals surface area contributed by atoms with Crippen LogP contribution in [0.4, 0.5) is 5.69 Å². The number of carboxylic acid groups (broad SMARTS) is 1. The molecule has 0 saturated carbocycles. The summed E-state index contributed by atoms with van der Waals surface area (Å²) in [4.78, 5) is 24.8. The number of para-hydroxylation sites is 2. The summed E-state index contributed by atoms with van der Waals surface area (Å²) < 4.78 is 5.61. The molecular weight excluding hydrogens is 296 g/mol. The summed E-state index contributed by atoms with van der Waals surface area (Å²) in [5.41, 5.74) is 7.09. The molecule has 6 heteroatoms. The maximum Gasteiger partial charge on any atom is 0.336 e. The van der Waals surface area contributed by atoms with Gasteiger partial charge in [0.2, 0.25) is 0 Å². The number of fused-ring (bicyclic) bond motifs is 1. The number of aromatic carboxylic acids is 1. The number of nitrogens with zero attached hydrogens (tertiary/aromatic N) is 1. The Bertz CT molecular complexity index is 760. The van der Waals surface area contributed by atoms with Gasteiger partial charge in [0.15, 0.2) is 6.10 Å². The third kappa shape index (κ3) is 2.96. The Morgan fingerprint density at radius 3 is 2.61 bits per heavy atom. The summed E-state index contributed by atoms with van der Waals surface area (Å²) >= 11 is 0. The van der Waals surface area contributed by atoms with Crippen molar-refractivity contribution in [3.63, 3.8) is 0 Å². The summed E-state index contributed by atoms with van der Waals surface area (Å²) in [6, 6.07) is 14.1. The van der Waals surface area contributed by atoms with Gasteiger partial charge < -0.3 is 20.5 Å². The lowest BCUT2D eigenvalue weighted by Gasteiger charge is -2.35. The first-order valence-corrected chi connectivity index (χ1v) is 7.17. The minimum Gasteiger partial charge on any atom is -0.478 e. The molecule has 0 radical (unpaired) electrons. The van der Waals surface area contributed by atoms with Gasteiger partial charge in [0.25, 0.3) is 5.91 Å². The van der Waals surface area contributed by atoms with E-state index in [1.165, 1.54) is 0 Å². The Hall–Kier alpha value is -3.02. The molecule has 0 saturated heterocycles. The largest absolute Gasteiger partial charge is 0.478 e. The molecule has 2 aromatic carbocycles. The van der Waals surface area contributed by atoms with Gasteiger partial charge in [-0.3, -0.25) is 4.79 Å². The lowest BCUT2D eigenvalue weighted by Crippen LogP contribution is -2.47. The highest BCUT2D eigenvalue weighted by Gasteiger charge is 2.29. The van der Waals surface area contributed by atoms with Crippen molar-refractivity contribution in [2.75, 3.05) is 11.4 Å². The monoisotopic (exact) mass is 312 g/mol. The molecule has 6 nitrogen and oxygen atoms in total. The molecule has 1 aliphatic rings. The molecule has 1 amide bonds. The number of amides is 1. The maximum absolute atomic E-state index is 11.5. The van der Waals surface area contributed by atoms with Crippen molar-refractivity contribution >= 4 is 17.6 Å². The van der Waals surface area contributed by atoms with Crippen molar-refractivity contribution in [3.8, 4) is 5.75 Å². The second-order valence-electron chi connectivity index (χ2n) is 5.32. The molecule has 1 atom stereocenters. The van der Waals surface area contributed by atoms with Crippen LogP contribution in [0.25, 0.3) is 0 Å². The minimum absolute atomic E-state index is 0.243. The molecular formula is C17H16N2O4. The predicted molar refractivity (Wildman–Crippen MR) is 84.5 cm³/mol. The SMILES string of the molecule is NC(=O)C1CN(Cc2ccccc2C(=O)O)c2ccccc2O1. The summed E-state index contributed by atoms with van der Waals surface area (Å²) in [7, 11) is 0. The Labute approximate surface area is 133 Å². The molecule has 0 spiro atoms. The minimum atomic E-state index is -0.978. The second kappa shape index (κ2) is 6.00. The first-order chi connectivity index (χ1) is 11.1. The van der Waals surface area contributed by atoms with Crippen molar-refractivity contribution in [2.45, 2.75) is 12.6 Å². The smallest absolute Gasteiger partial charge is 0.336 e. The van der Waals surface area contributed by atoms with Gasteiger partial charge in [-0.15, -0.1) is 0 Å². The lowest BCUT2D eigenvalue weighted by molar-refractivity contribution is -0.124. The van der Waals surface area contributed by atoms with Gasteiger partial charge in [-0.25, -0.2) is 4.79 Å². The molecule has 0 fully saturated rings. The Kier molecular flexibility index (Phi) is 3.89. The van der Waals surface area contributed by atoms with Crippen LogP contribution >= 0.6 is 0 Å². The van der Waals surface area contributed by atoms with Crippen LogP contribution in [0.5, 0.6) is 5.75 Å². The fourth-order valence-electron chi connectivity index (χ4n) is 2.68. The Morgan fingerprint density at radius 1 is 1.17 bits per heavy atom. The number of carboxylic acids is 1. The van der Waals surface area contributed by atoms with Crippen molar-refractivity contribution in [3.05, 3.63) is 59.7 Å². The van der Waals surface area contributed by atoms with E-state index in [0.29, 0.717) is 17.9 Å². The van der Waals surface area contributed by atoms with Crippen LogP contribution in [0, 0.1) is 0 Å². The van der Waals surface area contributed by atoms with Crippen LogP contribution < -0.4 is 15.4 Å². The highest BCUT2D eigenvalue weighted by molar-refractivity contribution is 5.89. The predicted octanol–water partition coefficient (Wildman–Crippen LogP) is 1.64. The molecule has 0 aromatic heterocycles. The molecule has 118 valence electrons. The number of benzene rings is 2. The number of hydrogen-bond acceptors (Lipinski definition) is 4. The van der Waals surface area contributed by atoms with Crippen molar-refractivity contribution < 1.29 is 19.4 Å². The van der Waals surface area contributed by atoms with Crippen LogP contribution in [-0.4, -0.2) is 29.6 Å². The van der Waals surface area contributed by atoms with Gasteiger partial charge in [0.1, 0.15) is 5.75 Å². The van der Waals surface area contributed by atoms with Gasteiger partial charge in [-0.05, 0) is 23.8 Å². The Balaban J connectivity index is 1.96. The lowest BCUT2D eigenvalue weighted by atomic mass is 10.1. The van der Waals surface area contributed by atoms with Gasteiger partial charge in [0.05, 0.1) is 17.8 Å². The van der Waals surface area contributed by atoms with E-state index in [1.807, 2.05) is 23.1 Å². The van der Waals surface area contributed by atoms with Crippen LogP contribution in [0.15, 0.2) is 48.5 Å². The van der Waals surface area contributed by atoms with E-state index in [-0.39, 0.29) is 12.1 Å². The second-order valence-corrected chi connectivity index (χ2v) is 5.32. The van der Waals surface area contributed by atoms with Crippen LogP contribution in [-0.2, 0) is 11.3 Å².